The Labute approximate surface area is 224 Å². The molecule has 1 saturated heterocycles. The molecule has 0 radical (unpaired) electrons. The molecule has 2 aliphatic heterocycles. The molecule has 2 atom stereocenters. The van der Waals surface area contributed by atoms with Crippen molar-refractivity contribution in [2.45, 2.75) is 32.9 Å². The van der Waals surface area contributed by atoms with Gasteiger partial charge in [0.1, 0.15) is 5.75 Å². The van der Waals surface area contributed by atoms with Gasteiger partial charge in [-0.15, -0.1) is 0 Å². The highest BCUT2D eigenvalue weighted by Gasteiger charge is 2.39. The first kappa shape index (κ1) is 27.2. The molecule has 1 fully saturated rings. The minimum Gasteiger partial charge on any atom is -0.497 e. The van der Waals surface area contributed by atoms with Crippen LogP contribution >= 0.6 is 0 Å². The Kier molecular flexibility index (Phi) is 8.36. The van der Waals surface area contributed by atoms with Crippen LogP contribution in [-0.4, -0.2) is 85.6 Å². The van der Waals surface area contributed by atoms with Gasteiger partial charge in [0.25, 0.3) is 5.91 Å². The fourth-order valence-electron chi connectivity index (χ4n) is 5.15. The first-order chi connectivity index (χ1) is 18.2. The second-order valence-electron chi connectivity index (χ2n) is 9.69. The summed E-state index contributed by atoms with van der Waals surface area (Å²) in [5.41, 5.74) is 3.46. The third kappa shape index (κ3) is 5.52. The van der Waals surface area contributed by atoms with Crippen molar-refractivity contribution < 1.29 is 23.9 Å². The van der Waals surface area contributed by atoms with Gasteiger partial charge in [-0.3, -0.25) is 14.6 Å². The van der Waals surface area contributed by atoms with Gasteiger partial charge < -0.3 is 19.7 Å². The van der Waals surface area contributed by atoms with Crippen LogP contribution in [0, 0.1) is 6.92 Å². The van der Waals surface area contributed by atoms with Crippen LogP contribution in [0.25, 0.3) is 0 Å². The third-order valence-corrected chi connectivity index (χ3v) is 7.23. The lowest BCUT2D eigenvalue weighted by Gasteiger charge is -2.42. The molecule has 38 heavy (non-hydrogen) atoms. The summed E-state index contributed by atoms with van der Waals surface area (Å²) in [5, 5.41) is 2.98. The van der Waals surface area contributed by atoms with Crippen LogP contribution in [0.1, 0.15) is 41.4 Å². The molecule has 4 rings (SSSR count). The maximum Gasteiger partial charge on any atom is 0.338 e. The lowest BCUT2D eigenvalue weighted by Crippen LogP contribution is -2.56. The van der Waals surface area contributed by atoms with Crippen molar-refractivity contribution >= 4 is 17.9 Å². The van der Waals surface area contributed by atoms with E-state index in [2.05, 4.69) is 10.2 Å². The van der Waals surface area contributed by atoms with Crippen molar-refractivity contribution in [3.8, 4) is 5.75 Å². The molecule has 3 amide bonds. The summed E-state index contributed by atoms with van der Waals surface area (Å²) < 4.78 is 10.7. The third-order valence-electron chi connectivity index (χ3n) is 7.23. The minimum absolute atomic E-state index is 0.0451. The highest BCUT2D eigenvalue weighted by molar-refractivity contribution is 5.96. The number of piperazine rings is 1. The number of urea groups is 1. The lowest BCUT2D eigenvalue weighted by atomic mass is 9.91. The largest absolute Gasteiger partial charge is 0.497 e. The first-order valence-corrected chi connectivity index (χ1v) is 12.9. The van der Waals surface area contributed by atoms with Gasteiger partial charge in [-0.05, 0) is 50.1 Å². The maximum atomic E-state index is 13.3. The van der Waals surface area contributed by atoms with Crippen LogP contribution in [0.2, 0.25) is 0 Å². The summed E-state index contributed by atoms with van der Waals surface area (Å²) in [7, 11) is 3.25. The van der Waals surface area contributed by atoms with Gasteiger partial charge in [-0.1, -0.05) is 30.3 Å². The molecule has 0 aliphatic carbocycles. The zero-order valence-corrected chi connectivity index (χ0v) is 22.7. The van der Waals surface area contributed by atoms with E-state index < -0.39 is 12.0 Å². The number of aryl methyl sites for hydroxylation is 1. The van der Waals surface area contributed by atoms with Gasteiger partial charge in [-0.2, -0.15) is 0 Å². The molecule has 2 aromatic carbocycles. The standard InChI is InChI=1S/C29H36N4O5/c1-6-38-28(35)25-24(31(4)29(36)30-26(25)23-13-8-7-10-19(23)2)18-32-14-15-33(20(3)17-32)27(34)21-11-9-12-22(16-21)37-5/h7-13,16,20,26H,6,14-15,17-18H2,1-5H3,(H,30,36)/t20-,26-/m1/s1. The van der Waals surface area contributed by atoms with E-state index >= 15 is 0 Å². The quantitative estimate of drug-likeness (QED) is 0.563. The molecule has 0 spiro atoms. The zero-order chi connectivity index (χ0) is 27.4. The number of methoxy groups -OCH3 is 1. The van der Waals surface area contributed by atoms with Crippen LogP contribution in [-0.2, 0) is 9.53 Å². The second-order valence-corrected chi connectivity index (χ2v) is 9.69. The lowest BCUT2D eigenvalue weighted by molar-refractivity contribution is -0.139. The van der Waals surface area contributed by atoms with E-state index in [0.29, 0.717) is 48.8 Å². The van der Waals surface area contributed by atoms with Crippen molar-refractivity contribution in [3.05, 3.63) is 76.5 Å². The van der Waals surface area contributed by atoms with Crippen molar-refractivity contribution in [3.63, 3.8) is 0 Å². The number of hydrogen-bond donors (Lipinski definition) is 1. The van der Waals surface area contributed by atoms with Crippen molar-refractivity contribution in [2.24, 2.45) is 0 Å². The number of benzene rings is 2. The van der Waals surface area contributed by atoms with Gasteiger partial charge in [0.15, 0.2) is 0 Å². The number of amides is 3. The van der Waals surface area contributed by atoms with Crippen molar-refractivity contribution in [2.75, 3.05) is 46.9 Å². The van der Waals surface area contributed by atoms with E-state index in [0.717, 1.165) is 11.1 Å². The Morgan fingerprint density at radius 1 is 1.11 bits per heavy atom. The van der Waals surface area contributed by atoms with Gasteiger partial charge in [0, 0.05) is 50.5 Å². The van der Waals surface area contributed by atoms with E-state index in [-0.39, 0.29) is 24.6 Å². The Hall–Kier alpha value is -3.85. The summed E-state index contributed by atoms with van der Waals surface area (Å²) >= 11 is 0. The average Bonchev–Trinajstić information content (AvgIpc) is 2.91. The number of nitrogens with zero attached hydrogens (tertiary/aromatic N) is 3. The molecular weight excluding hydrogens is 484 g/mol. The molecule has 0 unspecified atom stereocenters. The second kappa shape index (κ2) is 11.7. The normalized spacial score (nSPS) is 20.3. The number of carbonyl (C=O) groups excluding carboxylic acids is 3. The smallest absolute Gasteiger partial charge is 0.338 e. The number of ether oxygens (including phenoxy) is 2. The molecule has 0 bridgehead atoms. The average molecular weight is 521 g/mol. The minimum atomic E-state index is -0.609. The number of esters is 1. The molecular formula is C29H36N4O5. The summed E-state index contributed by atoms with van der Waals surface area (Å²) in [5.74, 6) is 0.154. The number of rotatable bonds is 7. The molecule has 0 aromatic heterocycles. The van der Waals surface area contributed by atoms with Crippen molar-refractivity contribution in [1.29, 1.82) is 0 Å². The Morgan fingerprint density at radius 3 is 2.55 bits per heavy atom. The fraction of sp³-hybridized carbons (Fsp3) is 0.414. The Balaban J connectivity index is 1.60. The van der Waals surface area contributed by atoms with E-state index in [1.807, 2.05) is 55.1 Å². The van der Waals surface area contributed by atoms with Gasteiger partial charge in [-0.25, -0.2) is 9.59 Å². The molecule has 202 valence electrons. The highest BCUT2D eigenvalue weighted by atomic mass is 16.5. The molecule has 0 saturated carbocycles. The van der Waals surface area contributed by atoms with Crippen LogP contribution in [0.4, 0.5) is 4.79 Å². The molecule has 2 aliphatic rings. The Bertz CT molecular complexity index is 1240. The van der Waals surface area contributed by atoms with E-state index in [1.165, 1.54) is 4.90 Å². The van der Waals surface area contributed by atoms with Crippen LogP contribution < -0.4 is 10.1 Å². The molecule has 1 N–H and O–H groups in total. The number of nitrogens with one attached hydrogen (secondary N) is 1. The number of likely N-dealkylation sites (N-methyl/N-ethyl adjacent to an activating group) is 1. The zero-order valence-electron chi connectivity index (χ0n) is 22.7. The molecule has 2 aromatic rings. The maximum absolute atomic E-state index is 13.3. The Morgan fingerprint density at radius 2 is 1.87 bits per heavy atom. The molecule has 2 heterocycles. The van der Waals surface area contributed by atoms with E-state index in [4.69, 9.17) is 9.47 Å². The number of carbonyl (C=O) groups is 3. The summed E-state index contributed by atoms with van der Waals surface area (Å²) in [6.07, 6.45) is 0. The predicted octanol–water partition coefficient (Wildman–Crippen LogP) is 3.36. The SMILES string of the molecule is CCOC(=O)C1=C(CN2CCN(C(=O)c3cccc(OC)c3)[C@H](C)C2)N(C)C(=O)N[C@@H]1c1ccccc1C. The highest BCUT2D eigenvalue weighted by Crippen LogP contribution is 2.33. The fourth-order valence-corrected chi connectivity index (χ4v) is 5.15. The van der Waals surface area contributed by atoms with E-state index in [1.54, 1.807) is 33.2 Å². The summed E-state index contributed by atoms with van der Waals surface area (Å²) in [6, 6.07) is 13.9. The van der Waals surface area contributed by atoms with Gasteiger partial charge >= 0.3 is 12.0 Å². The molecule has 9 heteroatoms. The van der Waals surface area contributed by atoms with Crippen LogP contribution in [0.3, 0.4) is 0 Å². The van der Waals surface area contributed by atoms with Crippen molar-refractivity contribution in [1.82, 2.24) is 20.0 Å². The topological polar surface area (TPSA) is 91.4 Å². The van der Waals surface area contributed by atoms with E-state index in [9.17, 15) is 14.4 Å². The van der Waals surface area contributed by atoms with Crippen LogP contribution in [0.15, 0.2) is 59.8 Å². The molecule has 9 nitrogen and oxygen atoms in total. The predicted molar refractivity (Wildman–Crippen MR) is 144 cm³/mol. The summed E-state index contributed by atoms with van der Waals surface area (Å²) in [6.45, 7) is 8.08. The van der Waals surface area contributed by atoms with Crippen LogP contribution in [0.5, 0.6) is 5.75 Å². The monoisotopic (exact) mass is 520 g/mol. The van der Waals surface area contributed by atoms with Gasteiger partial charge in [0.05, 0.1) is 25.3 Å². The summed E-state index contributed by atoms with van der Waals surface area (Å²) in [4.78, 5) is 45.1. The number of hydrogen-bond acceptors (Lipinski definition) is 6. The first-order valence-electron chi connectivity index (χ1n) is 12.9. The van der Waals surface area contributed by atoms with Gasteiger partial charge in [0.2, 0.25) is 0 Å².